The number of hydrogen-bond acceptors (Lipinski definition) is 7. The van der Waals surface area contributed by atoms with E-state index in [2.05, 4.69) is 4.18 Å². The normalized spacial score (nSPS) is 18.0. The molecule has 1 saturated heterocycles. The zero-order valence-electron chi connectivity index (χ0n) is 12.4. The van der Waals surface area contributed by atoms with Crippen LogP contribution in [0.4, 0.5) is 0 Å². The highest BCUT2D eigenvalue weighted by Gasteiger charge is 2.36. The van der Waals surface area contributed by atoms with Crippen LogP contribution in [0, 0.1) is 0 Å². The largest absolute Gasteiger partial charge is 0.505 e. The fourth-order valence-electron chi connectivity index (χ4n) is 2.49. The molecule has 23 heavy (non-hydrogen) atoms. The van der Waals surface area contributed by atoms with Gasteiger partial charge in [-0.05, 0) is 24.1 Å². The predicted octanol–water partition coefficient (Wildman–Crippen LogP) is 1.05. The lowest BCUT2D eigenvalue weighted by molar-refractivity contribution is -0.130. The van der Waals surface area contributed by atoms with Crippen molar-refractivity contribution in [3.8, 4) is 0 Å². The van der Waals surface area contributed by atoms with Crippen LogP contribution in [0.3, 0.4) is 0 Å². The summed E-state index contributed by atoms with van der Waals surface area (Å²) in [5, 5.41) is 10.4. The van der Waals surface area contributed by atoms with Crippen LogP contribution in [-0.4, -0.2) is 61.1 Å². The van der Waals surface area contributed by atoms with Crippen LogP contribution < -0.4 is 0 Å². The number of aliphatic hydroxyl groups is 1. The van der Waals surface area contributed by atoms with Gasteiger partial charge in [0, 0.05) is 30.1 Å². The van der Waals surface area contributed by atoms with Gasteiger partial charge >= 0.3 is 0 Å². The van der Waals surface area contributed by atoms with E-state index in [1.807, 2.05) is 12.1 Å². The van der Waals surface area contributed by atoms with Crippen LogP contribution in [0.15, 0.2) is 34.9 Å². The van der Waals surface area contributed by atoms with Crippen LogP contribution >= 0.6 is 11.9 Å². The second-order valence-corrected chi connectivity index (χ2v) is 7.91. The molecule has 7 nitrogen and oxygen atoms in total. The zero-order valence-corrected chi connectivity index (χ0v) is 14.1. The van der Waals surface area contributed by atoms with Crippen LogP contribution in [0.1, 0.15) is 5.56 Å². The topological polar surface area (TPSA) is 87.2 Å². The number of benzene rings is 1. The summed E-state index contributed by atoms with van der Waals surface area (Å²) in [4.78, 5) is 15.0. The number of piperazine rings is 1. The molecular weight excluding hydrogens is 340 g/mol. The van der Waals surface area contributed by atoms with E-state index in [-0.39, 0.29) is 30.5 Å². The van der Waals surface area contributed by atoms with Crippen LogP contribution in [0.5, 0.6) is 0 Å². The molecule has 9 heteroatoms. The first-order valence-corrected chi connectivity index (χ1v) is 9.57. The number of nitrogens with zero attached hydrogens (tertiary/aromatic N) is 2. The van der Waals surface area contributed by atoms with Gasteiger partial charge < -0.3 is 14.3 Å². The summed E-state index contributed by atoms with van der Waals surface area (Å²) in [5.74, 6) is -0.370. The lowest BCUT2D eigenvalue weighted by Crippen LogP contribution is -2.48. The highest BCUT2D eigenvalue weighted by Crippen LogP contribution is 2.41. The molecule has 0 saturated carbocycles. The molecule has 0 aliphatic carbocycles. The molecule has 124 valence electrons. The van der Waals surface area contributed by atoms with Crippen molar-refractivity contribution in [2.24, 2.45) is 0 Å². The monoisotopic (exact) mass is 356 g/mol. The second-order valence-electron chi connectivity index (χ2n) is 5.21. The number of hydrogen-bond donors (Lipinski definition) is 1. The van der Waals surface area contributed by atoms with Crippen LogP contribution in [0.25, 0.3) is 5.76 Å². The minimum atomic E-state index is -3.53. The maximum absolute atomic E-state index is 12.6. The smallest absolute Gasteiger partial charge is 0.275 e. The Labute approximate surface area is 138 Å². The molecule has 0 aromatic heterocycles. The minimum absolute atomic E-state index is 0.0434. The quantitative estimate of drug-likeness (QED) is 0.637. The van der Waals surface area contributed by atoms with Gasteiger partial charge in [0.1, 0.15) is 0 Å². The van der Waals surface area contributed by atoms with Crippen molar-refractivity contribution in [1.29, 1.82) is 0 Å². The average molecular weight is 356 g/mol. The first kappa shape index (κ1) is 16.2. The van der Waals surface area contributed by atoms with Gasteiger partial charge in [-0.1, -0.05) is 12.1 Å². The Morgan fingerprint density at radius 2 is 2.04 bits per heavy atom. The highest BCUT2D eigenvalue weighted by atomic mass is 32.2. The number of carbonyl (C=O) groups excluding carboxylic acids is 1. The van der Waals surface area contributed by atoms with E-state index < -0.39 is 10.1 Å². The van der Waals surface area contributed by atoms with E-state index in [0.717, 1.165) is 11.2 Å². The van der Waals surface area contributed by atoms with Crippen molar-refractivity contribution in [3.05, 3.63) is 35.5 Å². The van der Waals surface area contributed by atoms with Crippen molar-refractivity contribution in [2.45, 2.75) is 4.90 Å². The second kappa shape index (κ2) is 6.06. The molecule has 1 fully saturated rings. The highest BCUT2D eigenvalue weighted by molar-refractivity contribution is 7.97. The van der Waals surface area contributed by atoms with E-state index >= 15 is 0 Å². The summed E-state index contributed by atoms with van der Waals surface area (Å²) >= 11 is 1.42. The fourth-order valence-corrected chi connectivity index (χ4v) is 3.94. The van der Waals surface area contributed by atoms with Crippen molar-refractivity contribution >= 4 is 33.7 Å². The van der Waals surface area contributed by atoms with Gasteiger partial charge in [-0.3, -0.25) is 8.98 Å². The molecule has 2 heterocycles. The molecule has 3 rings (SSSR count). The third-order valence-electron chi connectivity index (χ3n) is 3.55. The van der Waals surface area contributed by atoms with E-state index in [9.17, 15) is 18.3 Å². The Morgan fingerprint density at radius 1 is 1.30 bits per heavy atom. The van der Waals surface area contributed by atoms with Gasteiger partial charge in [0.2, 0.25) is 0 Å². The Bertz CT molecular complexity index is 775. The number of aliphatic hydroxyl groups excluding tert-OH is 1. The molecule has 1 aromatic rings. The van der Waals surface area contributed by atoms with Gasteiger partial charge in [0.25, 0.3) is 16.0 Å². The number of carbonyl (C=O) groups is 1. The van der Waals surface area contributed by atoms with Gasteiger partial charge in [0.15, 0.2) is 11.5 Å². The number of rotatable bonds is 4. The molecule has 2 aliphatic rings. The van der Waals surface area contributed by atoms with Gasteiger partial charge in [-0.25, -0.2) is 0 Å². The molecule has 2 aliphatic heterocycles. The van der Waals surface area contributed by atoms with Crippen LogP contribution in [0.2, 0.25) is 0 Å². The Morgan fingerprint density at radius 3 is 2.78 bits per heavy atom. The van der Waals surface area contributed by atoms with Gasteiger partial charge in [-0.2, -0.15) is 8.42 Å². The zero-order chi connectivity index (χ0) is 16.6. The molecule has 1 amide bonds. The van der Waals surface area contributed by atoms with E-state index in [1.54, 1.807) is 16.4 Å². The third kappa shape index (κ3) is 3.31. The van der Waals surface area contributed by atoms with Gasteiger partial charge in [-0.15, -0.1) is 0 Å². The Balaban J connectivity index is 1.81. The molecule has 0 unspecified atom stereocenters. The SMILES string of the molecule is CS(=O)(=O)OCCN1CCN2Sc3ccccc3C(O)=C2C1=O. The van der Waals surface area contributed by atoms with Gasteiger partial charge in [0.05, 0.1) is 12.9 Å². The van der Waals surface area contributed by atoms with Crippen molar-refractivity contribution in [1.82, 2.24) is 9.21 Å². The molecule has 0 radical (unpaired) electrons. The van der Waals surface area contributed by atoms with Crippen molar-refractivity contribution in [2.75, 3.05) is 32.5 Å². The first-order valence-electron chi connectivity index (χ1n) is 6.98. The summed E-state index contributed by atoms with van der Waals surface area (Å²) < 4.78 is 28.4. The lowest BCUT2D eigenvalue weighted by Gasteiger charge is -2.39. The summed E-state index contributed by atoms with van der Waals surface area (Å²) in [5.41, 5.74) is 0.866. The van der Waals surface area contributed by atoms with E-state index in [0.29, 0.717) is 18.7 Å². The molecular formula is C14H16N2O5S2. The maximum atomic E-state index is 12.6. The number of fused-ring (bicyclic) bond motifs is 2. The summed E-state index contributed by atoms with van der Waals surface area (Å²) in [6.07, 6.45) is 0.968. The maximum Gasteiger partial charge on any atom is 0.275 e. The summed E-state index contributed by atoms with van der Waals surface area (Å²) in [7, 11) is -3.53. The lowest BCUT2D eigenvalue weighted by atomic mass is 10.1. The molecule has 1 N–H and O–H groups in total. The Kier molecular flexibility index (Phi) is 4.26. The fraction of sp³-hybridized carbons (Fsp3) is 0.357. The predicted molar refractivity (Wildman–Crippen MR) is 85.9 cm³/mol. The average Bonchev–Trinajstić information content (AvgIpc) is 2.48. The van der Waals surface area contributed by atoms with Crippen LogP contribution in [-0.2, 0) is 19.1 Å². The van der Waals surface area contributed by atoms with Crippen molar-refractivity contribution in [3.63, 3.8) is 0 Å². The minimum Gasteiger partial charge on any atom is -0.505 e. The molecule has 0 spiro atoms. The molecule has 1 aromatic carbocycles. The van der Waals surface area contributed by atoms with Crippen molar-refractivity contribution < 1.29 is 22.5 Å². The first-order chi connectivity index (χ1) is 10.9. The van der Waals surface area contributed by atoms with E-state index in [4.69, 9.17) is 0 Å². The Hall–Kier alpha value is -1.71. The summed E-state index contributed by atoms with van der Waals surface area (Å²) in [6, 6.07) is 7.34. The third-order valence-corrected chi connectivity index (χ3v) is 5.28. The molecule has 0 bridgehead atoms. The van der Waals surface area contributed by atoms with E-state index in [1.165, 1.54) is 16.8 Å². The molecule has 0 atom stereocenters. The standard InChI is InChI=1S/C14H16N2O5S2/c1-23(19,20)21-9-8-15-6-7-16-12(14(15)18)13(17)10-4-2-3-5-11(10)22-16/h2-5,17H,6-9H2,1H3. The summed E-state index contributed by atoms with van der Waals surface area (Å²) in [6.45, 7) is 1.05. The number of amides is 1.